The van der Waals surface area contributed by atoms with Gasteiger partial charge < -0.3 is 0 Å². The van der Waals surface area contributed by atoms with Gasteiger partial charge in [0.2, 0.25) is 0 Å². The van der Waals surface area contributed by atoms with Crippen molar-refractivity contribution < 1.29 is 0 Å². The van der Waals surface area contributed by atoms with Crippen molar-refractivity contribution in [2.75, 3.05) is 0 Å². The van der Waals surface area contributed by atoms with Crippen molar-refractivity contribution in [1.29, 1.82) is 0 Å². The maximum Gasteiger partial charge on any atom is 0.182 e. The number of nitrogens with zero attached hydrogens (tertiary/aromatic N) is 4. The fourth-order valence-corrected chi connectivity index (χ4v) is 1.94. The van der Waals surface area contributed by atoms with Crippen LogP contribution in [0.4, 0.5) is 0 Å². The van der Waals surface area contributed by atoms with E-state index in [1.165, 1.54) is 12.8 Å². The lowest BCUT2D eigenvalue weighted by molar-refractivity contribution is 0.541. The minimum absolute atomic E-state index is 0.817. The molecule has 17 heavy (non-hydrogen) atoms. The van der Waals surface area contributed by atoms with Gasteiger partial charge in [0.05, 0.1) is 0 Å². The number of tetrazole rings is 1. The number of thiol groups is 1. The summed E-state index contributed by atoms with van der Waals surface area (Å²) < 4.78 is 1.86. The Balaban J connectivity index is 2.18. The van der Waals surface area contributed by atoms with Crippen molar-refractivity contribution in [2.24, 2.45) is 0 Å². The predicted molar refractivity (Wildman–Crippen MR) is 70.0 cm³/mol. The molecule has 2 aromatic rings. The number of unbranched alkanes of at least 4 members (excludes halogenated alkanes) is 2. The molecule has 0 amide bonds. The van der Waals surface area contributed by atoms with Crippen molar-refractivity contribution in [3.8, 4) is 11.4 Å². The highest BCUT2D eigenvalue weighted by Gasteiger charge is 2.08. The van der Waals surface area contributed by atoms with Gasteiger partial charge in [-0.25, -0.2) is 4.68 Å². The summed E-state index contributed by atoms with van der Waals surface area (Å²) in [6, 6.07) is 7.88. The van der Waals surface area contributed by atoms with Gasteiger partial charge in [0.1, 0.15) is 0 Å². The molecule has 1 aromatic heterocycles. The van der Waals surface area contributed by atoms with Gasteiger partial charge in [-0.15, -0.1) is 17.7 Å². The second-order valence-electron chi connectivity index (χ2n) is 3.98. The molecule has 0 fully saturated rings. The van der Waals surface area contributed by atoms with Crippen LogP contribution in [0.1, 0.15) is 26.2 Å². The van der Waals surface area contributed by atoms with Gasteiger partial charge in [-0.3, -0.25) is 0 Å². The molecule has 90 valence electrons. The molecule has 0 atom stereocenters. The number of hydrogen-bond acceptors (Lipinski definition) is 4. The summed E-state index contributed by atoms with van der Waals surface area (Å²) in [6.45, 7) is 3.05. The van der Waals surface area contributed by atoms with E-state index in [2.05, 4.69) is 35.1 Å². The highest BCUT2D eigenvalue weighted by molar-refractivity contribution is 7.80. The lowest BCUT2D eigenvalue weighted by Gasteiger charge is -2.04. The van der Waals surface area contributed by atoms with Crippen molar-refractivity contribution in [1.82, 2.24) is 20.2 Å². The second-order valence-corrected chi connectivity index (χ2v) is 4.50. The molecule has 0 unspecified atom stereocenters. The summed E-state index contributed by atoms with van der Waals surface area (Å²) >= 11 is 4.33. The number of benzene rings is 1. The third kappa shape index (κ3) is 3.06. The van der Waals surface area contributed by atoms with Gasteiger partial charge in [0, 0.05) is 17.0 Å². The molecule has 2 rings (SSSR count). The number of hydrogen-bond donors (Lipinski definition) is 1. The average Bonchev–Trinajstić information content (AvgIpc) is 2.78. The SMILES string of the molecule is CCCCCn1nnnc1-c1cccc(S)c1. The largest absolute Gasteiger partial charge is 0.225 e. The Kier molecular flexibility index (Phi) is 4.14. The molecular weight excluding hydrogens is 232 g/mol. The smallest absolute Gasteiger partial charge is 0.182 e. The third-order valence-electron chi connectivity index (χ3n) is 2.61. The Hall–Kier alpha value is -1.36. The fraction of sp³-hybridized carbons (Fsp3) is 0.417. The van der Waals surface area contributed by atoms with Crippen LogP contribution >= 0.6 is 12.6 Å². The van der Waals surface area contributed by atoms with Crippen molar-refractivity contribution >= 4 is 12.6 Å². The third-order valence-corrected chi connectivity index (χ3v) is 2.89. The van der Waals surface area contributed by atoms with Crippen LogP contribution in [-0.4, -0.2) is 20.2 Å². The standard InChI is InChI=1S/C12H16N4S/c1-2-3-4-8-16-12(13-14-15-16)10-6-5-7-11(17)9-10/h5-7,9,17H,2-4,8H2,1H3. The maximum atomic E-state index is 4.33. The molecule has 0 saturated carbocycles. The van der Waals surface area contributed by atoms with E-state index in [0.717, 1.165) is 29.2 Å². The highest BCUT2D eigenvalue weighted by atomic mass is 32.1. The Morgan fingerprint density at radius 2 is 2.18 bits per heavy atom. The Morgan fingerprint density at radius 3 is 2.94 bits per heavy atom. The first-order valence-corrected chi connectivity index (χ1v) is 6.31. The summed E-state index contributed by atoms with van der Waals surface area (Å²) in [4.78, 5) is 0.922. The molecule has 0 N–H and O–H groups in total. The molecule has 0 aliphatic carbocycles. The van der Waals surface area contributed by atoms with Gasteiger partial charge in [0.25, 0.3) is 0 Å². The Labute approximate surface area is 106 Å². The quantitative estimate of drug-likeness (QED) is 0.653. The average molecular weight is 248 g/mol. The minimum atomic E-state index is 0.817. The summed E-state index contributed by atoms with van der Waals surface area (Å²) in [5.74, 6) is 0.817. The molecule has 1 aromatic carbocycles. The molecule has 0 saturated heterocycles. The molecule has 5 heteroatoms. The molecular formula is C12H16N4S. The van der Waals surface area contributed by atoms with E-state index in [9.17, 15) is 0 Å². The lowest BCUT2D eigenvalue weighted by Crippen LogP contribution is -2.03. The zero-order valence-corrected chi connectivity index (χ0v) is 10.8. The maximum absolute atomic E-state index is 4.33. The normalized spacial score (nSPS) is 10.7. The van der Waals surface area contributed by atoms with Crippen LogP contribution in [0.5, 0.6) is 0 Å². The summed E-state index contributed by atoms with van der Waals surface area (Å²) in [7, 11) is 0. The van der Waals surface area contributed by atoms with E-state index >= 15 is 0 Å². The van der Waals surface area contributed by atoms with Crippen LogP contribution in [0.15, 0.2) is 29.2 Å². The van der Waals surface area contributed by atoms with Crippen molar-refractivity contribution in [3.05, 3.63) is 24.3 Å². The van der Waals surface area contributed by atoms with Gasteiger partial charge in [0.15, 0.2) is 5.82 Å². The predicted octanol–water partition coefficient (Wildman–Crippen LogP) is 2.82. The topological polar surface area (TPSA) is 43.6 Å². The van der Waals surface area contributed by atoms with Crippen LogP contribution in [0.3, 0.4) is 0 Å². The fourth-order valence-electron chi connectivity index (χ4n) is 1.72. The van der Waals surface area contributed by atoms with Crippen LogP contribution in [0.25, 0.3) is 11.4 Å². The first-order valence-electron chi connectivity index (χ1n) is 5.87. The Morgan fingerprint density at radius 1 is 1.29 bits per heavy atom. The van der Waals surface area contributed by atoms with Crippen molar-refractivity contribution in [2.45, 2.75) is 37.6 Å². The molecule has 4 nitrogen and oxygen atoms in total. The first kappa shape index (κ1) is 12.1. The number of aromatic nitrogens is 4. The van der Waals surface area contributed by atoms with E-state index in [1.54, 1.807) is 0 Å². The number of aryl methyl sites for hydroxylation is 1. The minimum Gasteiger partial charge on any atom is -0.225 e. The molecule has 0 spiro atoms. The zero-order chi connectivity index (χ0) is 12.1. The highest BCUT2D eigenvalue weighted by Crippen LogP contribution is 2.19. The zero-order valence-electron chi connectivity index (χ0n) is 9.87. The van der Waals surface area contributed by atoms with Crippen LogP contribution in [0, 0.1) is 0 Å². The van der Waals surface area contributed by atoms with Gasteiger partial charge in [-0.1, -0.05) is 31.9 Å². The molecule has 0 aliphatic heterocycles. The molecule has 1 heterocycles. The monoisotopic (exact) mass is 248 g/mol. The summed E-state index contributed by atoms with van der Waals surface area (Å²) in [5.41, 5.74) is 1.01. The van der Waals surface area contributed by atoms with Crippen LogP contribution < -0.4 is 0 Å². The lowest BCUT2D eigenvalue weighted by atomic mass is 10.2. The van der Waals surface area contributed by atoms with Crippen LogP contribution in [0.2, 0.25) is 0 Å². The van der Waals surface area contributed by atoms with E-state index in [0.29, 0.717) is 0 Å². The van der Waals surface area contributed by atoms with Crippen LogP contribution in [-0.2, 0) is 6.54 Å². The second kappa shape index (κ2) is 5.82. The summed E-state index contributed by atoms with van der Waals surface area (Å²) in [6.07, 6.45) is 3.50. The van der Waals surface area contributed by atoms with Gasteiger partial charge in [-0.05, 0) is 29.0 Å². The van der Waals surface area contributed by atoms with Gasteiger partial charge in [-0.2, -0.15) is 0 Å². The first-order chi connectivity index (χ1) is 8.31. The van der Waals surface area contributed by atoms with E-state index in [-0.39, 0.29) is 0 Å². The van der Waals surface area contributed by atoms with Crippen molar-refractivity contribution in [3.63, 3.8) is 0 Å². The number of rotatable bonds is 5. The van der Waals surface area contributed by atoms with Gasteiger partial charge >= 0.3 is 0 Å². The van der Waals surface area contributed by atoms with E-state index in [1.807, 2.05) is 28.9 Å². The van der Waals surface area contributed by atoms with E-state index < -0.39 is 0 Å². The molecule has 0 bridgehead atoms. The summed E-state index contributed by atoms with van der Waals surface area (Å²) in [5, 5.41) is 11.8. The molecule has 0 radical (unpaired) electrons. The molecule has 0 aliphatic rings. The Bertz CT molecular complexity index is 481. The van der Waals surface area contributed by atoms with E-state index in [4.69, 9.17) is 0 Å².